The van der Waals surface area contributed by atoms with Crippen LogP contribution in [0.4, 0.5) is 5.69 Å². The van der Waals surface area contributed by atoms with Crippen LogP contribution in [-0.2, 0) is 11.3 Å². The maximum atomic E-state index is 11.9. The molecule has 0 aliphatic heterocycles. The number of carbonyl (C=O) groups is 1. The van der Waals surface area contributed by atoms with E-state index in [9.17, 15) is 14.9 Å². The van der Waals surface area contributed by atoms with E-state index in [1.54, 1.807) is 36.9 Å². The van der Waals surface area contributed by atoms with Crippen molar-refractivity contribution in [2.24, 2.45) is 0 Å². The third kappa shape index (κ3) is 4.64. The number of hydrogen-bond donors (Lipinski definition) is 0. The second kappa shape index (κ2) is 9.27. The normalized spacial score (nSPS) is 10.3. The van der Waals surface area contributed by atoms with Crippen molar-refractivity contribution in [3.63, 3.8) is 0 Å². The van der Waals surface area contributed by atoms with Crippen LogP contribution in [0.3, 0.4) is 0 Å². The van der Waals surface area contributed by atoms with E-state index in [0.29, 0.717) is 27.2 Å². The predicted molar refractivity (Wildman–Crippen MR) is 107 cm³/mol. The zero-order valence-electron chi connectivity index (χ0n) is 16.1. The average Bonchev–Trinajstić information content (AvgIpc) is 3.02. The van der Waals surface area contributed by atoms with E-state index in [-0.39, 0.29) is 24.4 Å². The molecule has 28 heavy (non-hydrogen) atoms. The van der Waals surface area contributed by atoms with Crippen LogP contribution in [-0.4, -0.2) is 32.3 Å². The van der Waals surface area contributed by atoms with Crippen molar-refractivity contribution >= 4 is 34.2 Å². The quantitative estimate of drug-likeness (QED) is 0.351. The topological polar surface area (TPSA) is 100 Å². The number of aryl methyl sites for hydroxylation is 1. The second-order valence-electron chi connectivity index (χ2n) is 5.64. The van der Waals surface area contributed by atoms with Crippen molar-refractivity contribution < 1.29 is 14.5 Å². The Kier molecular flexibility index (Phi) is 7.06. The van der Waals surface area contributed by atoms with Crippen LogP contribution < -0.4 is 0 Å². The lowest BCUT2D eigenvalue weighted by Gasteiger charge is -2.05. The van der Waals surface area contributed by atoms with E-state index in [1.807, 2.05) is 13.8 Å². The molecule has 3 aromatic rings. The van der Waals surface area contributed by atoms with Gasteiger partial charge in [-0.2, -0.15) is 5.10 Å². The molecule has 0 fully saturated rings. The number of nitro groups is 1. The molecule has 0 bridgehead atoms. The fraction of sp³-hybridized carbons (Fsp3) is 0.316. The highest BCUT2D eigenvalue weighted by Gasteiger charge is 2.18. The summed E-state index contributed by atoms with van der Waals surface area (Å²) in [5.74, 6) is -0.447. The van der Waals surface area contributed by atoms with Gasteiger partial charge in [0.05, 0.1) is 28.8 Å². The smallest absolute Gasteiger partial charge is 0.341 e. The Morgan fingerprint density at radius 3 is 2.68 bits per heavy atom. The molecule has 0 saturated carbocycles. The Labute approximate surface area is 167 Å². The van der Waals surface area contributed by atoms with Crippen LogP contribution in [0.1, 0.15) is 42.4 Å². The van der Waals surface area contributed by atoms with Gasteiger partial charge in [0.25, 0.3) is 5.69 Å². The third-order valence-electron chi connectivity index (χ3n) is 3.77. The van der Waals surface area contributed by atoms with Crippen molar-refractivity contribution in [3.8, 4) is 0 Å². The Balaban J connectivity index is 0.00000136. The number of benzene rings is 1. The van der Waals surface area contributed by atoms with E-state index < -0.39 is 10.9 Å². The van der Waals surface area contributed by atoms with Gasteiger partial charge in [0.1, 0.15) is 11.1 Å². The summed E-state index contributed by atoms with van der Waals surface area (Å²) in [5.41, 5.74) is 1.71. The number of aromatic nitrogens is 3. The van der Waals surface area contributed by atoms with Gasteiger partial charge >= 0.3 is 5.97 Å². The molecule has 3 rings (SSSR count). The molecule has 0 saturated heterocycles. The van der Waals surface area contributed by atoms with E-state index in [4.69, 9.17) is 16.3 Å². The molecule has 0 spiro atoms. The van der Waals surface area contributed by atoms with Crippen LogP contribution in [0.15, 0.2) is 30.6 Å². The molecule has 2 heterocycles. The van der Waals surface area contributed by atoms with Crippen molar-refractivity contribution in [1.82, 2.24) is 14.8 Å². The largest absolute Gasteiger partial charge is 0.462 e. The van der Waals surface area contributed by atoms with E-state index >= 15 is 0 Å². The number of nitrogens with zero attached hydrogens (tertiary/aromatic N) is 4. The molecule has 0 aliphatic carbocycles. The van der Waals surface area contributed by atoms with Gasteiger partial charge in [0, 0.05) is 23.8 Å². The summed E-state index contributed by atoms with van der Waals surface area (Å²) in [4.78, 5) is 26.8. The van der Waals surface area contributed by atoms with Crippen molar-refractivity contribution in [2.75, 3.05) is 6.61 Å². The van der Waals surface area contributed by atoms with Gasteiger partial charge in [-0.3, -0.25) is 14.8 Å². The SMILES string of the molecule is CC.CCOC(=O)c1cn(Cc2cc([N+](=O)[O-])c3ncc(Cl)cc3c2)nc1C. The summed E-state index contributed by atoms with van der Waals surface area (Å²) >= 11 is 5.95. The average molecular weight is 405 g/mol. The minimum Gasteiger partial charge on any atom is -0.462 e. The molecular weight excluding hydrogens is 384 g/mol. The van der Waals surface area contributed by atoms with Gasteiger partial charge in [0.2, 0.25) is 0 Å². The summed E-state index contributed by atoms with van der Waals surface area (Å²) in [7, 11) is 0. The Morgan fingerprint density at radius 2 is 2.04 bits per heavy atom. The predicted octanol–water partition coefficient (Wildman–Crippen LogP) is 4.55. The summed E-state index contributed by atoms with van der Waals surface area (Å²) in [6.45, 7) is 7.96. The zero-order chi connectivity index (χ0) is 20.8. The summed E-state index contributed by atoms with van der Waals surface area (Å²) in [5, 5.41) is 16.6. The molecule has 1 aromatic carbocycles. The molecule has 8 nitrogen and oxygen atoms in total. The fourth-order valence-electron chi connectivity index (χ4n) is 2.69. The number of esters is 1. The van der Waals surface area contributed by atoms with Gasteiger partial charge in [0.15, 0.2) is 0 Å². The minimum atomic E-state index is -0.481. The molecule has 0 aliphatic rings. The molecule has 0 N–H and O–H groups in total. The molecule has 0 atom stereocenters. The second-order valence-corrected chi connectivity index (χ2v) is 6.08. The molecule has 0 radical (unpaired) electrons. The third-order valence-corrected chi connectivity index (χ3v) is 3.98. The highest BCUT2D eigenvalue weighted by atomic mass is 35.5. The van der Waals surface area contributed by atoms with Gasteiger partial charge in [-0.1, -0.05) is 25.4 Å². The number of carbonyl (C=O) groups excluding carboxylic acids is 1. The van der Waals surface area contributed by atoms with Gasteiger partial charge < -0.3 is 4.74 Å². The lowest BCUT2D eigenvalue weighted by atomic mass is 10.1. The Morgan fingerprint density at radius 1 is 1.32 bits per heavy atom. The van der Waals surface area contributed by atoms with Crippen LogP contribution in [0, 0.1) is 17.0 Å². The maximum Gasteiger partial charge on any atom is 0.341 e. The molecular formula is C19H21ClN4O4. The first-order chi connectivity index (χ1) is 13.4. The Hall–Kier alpha value is -3.00. The molecule has 2 aromatic heterocycles. The number of halogens is 1. The van der Waals surface area contributed by atoms with Crippen molar-refractivity contribution in [3.05, 3.63) is 62.6 Å². The summed E-state index contributed by atoms with van der Waals surface area (Å²) in [6, 6.07) is 4.84. The van der Waals surface area contributed by atoms with E-state index in [1.165, 1.54) is 12.3 Å². The number of ether oxygens (including phenoxy) is 1. The molecule has 148 valence electrons. The van der Waals surface area contributed by atoms with Crippen molar-refractivity contribution in [1.29, 1.82) is 0 Å². The standard InChI is InChI=1S/C17H15ClN4O4.C2H6/c1-3-26-17(23)14-9-21(20-10(14)2)8-11-4-12-6-13(18)7-19-16(12)15(5-11)22(24)25;1-2/h4-7,9H,3,8H2,1-2H3;1-2H3. The number of rotatable bonds is 5. The number of fused-ring (bicyclic) bond motifs is 1. The number of pyridine rings is 1. The van der Waals surface area contributed by atoms with Gasteiger partial charge in [-0.25, -0.2) is 9.78 Å². The first-order valence-corrected chi connectivity index (χ1v) is 9.20. The van der Waals surface area contributed by atoms with Crippen LogP contribution >= 0.6 is 11.6 Å². The van der Waals surface area contributed by atoms with E-state index in [2.05, 4.69) is 10.1 Å². The number of hydrogen-bond acceptors (Lipinski definition) is 6. The van der Waals surface area contributed by atoms with Crippen molar-refractivity contribution in [2.45, 2.75) is 34.2 Å². The molecule has 0 amide bonds. The highest BCUT2D eigenvalue weighted by molar-refractivity contribution is 6.31. The molecule has 9 heteroatoms. The van der Waals surface area contributed by atoms with E-state index in [0.717, 1.165) is 0 Å². The van der Waals surface area contributed by atoms with Gasteiger partial charge in [-0.05, 0) is 31.5 Å². The van der Waals surface area contributed by atoms with Gasteiger partial charge in [-0.15, -0.1) is 0 Å². The fourth-order valence-corrected chi connectivity index (χ4v) is 2.86. The summed E-state index contributed by atoms with van der Waals surface area (Å²) in [6.07, 6.45) is 2.94. The number of nitro benzene ring substituents is 1. The maximum absolute atomic E-state index is 11.9. The first-order valence-electron chi connectivity index (χ1n) is 8.82. The van der Waals surface area contributed by atoms with Crippen LogP contribution in [0.25, 0.3) is 10.9 Å². The Bertz CT molecular complexity index is 1020. The lowest BCUT2D eigenvalue weighted by Crippen LogP contribution is -2.05. The lowest BCUT2D eigenvalue weighted by molar-refractivity contribution is -0.383. The summed E-state index contributed by atoms with van der Waals surface area (Å²) < 4.78 is 6.54. The first kappa shape index (κ1) is 21.3. The minimum absolute atomic E-state index is 0.108. The number of non-ortho nitro benzene ring substituents is 1. The molecule has 0 unspecified atom stereocenters. The van der Waals surface area contributed by atoms with Crippen LogP contribution in [0.2, 0.25) is 5.02 Å². The zero-order valence-corrected chi connectivity index (χ0v) is 16.9. The highest BCUT2D eigenvalue weighted by Crippen LogP contribution is 2.28. The monoisotopic (exact) mass is 404 g/mol. The van der Waals surface area contributed by atoms with Crippen LogP contribution in [0.5, 0.6) is 0 Å².